The van der Waals surface area contributed by atoms with Gasteiger partial charge in [0.2, 0.25) is 0 Å². The molecule has 0 unspecified atom stereocenters. The van der Waals surface area contributed by atoms with E-state index in [1.165, 1.54) is 0 Å². The zero-order valence-electron chi connectivity index (χ0n) is 9.03. The second kappa shape index (κ2) is 6.62. The van der Waals surface area contributed by atoms with E-state index in [-0.39, 0.29) is 0 Å². The van der Waals surface area contributed by atoms with Crippen LogP contribution in [-0.2, 0) is 11.3 Å². The van der Waals surface area contributed by atoms with E-state index in [4.69, 9.17) is 9.15 Å². The Morgan fingerprint density at radius 2 is 2.29 bits per heavy atom. The van der Waals surface area contributed by atoms with Crippen LogP contribution in [0.2, 0.25) is 0 Å². The standard InChI is InChI=1S/C11H19NO2/c1-3-6-12(7-9-13-2)10-11-5-4-8-14-11/h4-5,8H,3,6-7,9-10H2,1-2H3. The van der Waals surface area contributed by atoms with E-state index in [2.05, 4.69) is 11.8 Å². The first kappa shape index (κ1) is 11.3. The molecule has 1 aromatic heterocycles. The van der Waals surface area contributed by atoms with Crippen LogP contribution in [0.15, 0.2) is 22.8 Å². The number of ether oxygens (including phenoxy) is 1. The highest BCUT2D eigenvalue weighted by Gasteiger charge is 2.05. The molecule has 1 aromatic rings. The average molecular weight is 197 g/mol. The summed E-state index contributed by atoms with van der Waals surface area (Å²) >= 11 is 0. The lowest BCUT2D eigenvalue weighted by Crippen LogP contribution is -2.27. The minimum atomic E-state index is 0.778. The summed E-state index contributed by atoms with van der Waals surface area (Å²) in [6.45, 7) is 5.89. The van der Waals surface area contributed by atoms with Crippen molar-refractivity contribution in [2.24, 2.45) is 0 Å². The van der Waals surface area contributed by atoms with Crippen LogP contribution in [0.25, 0.3) is 0 Å². The molecule has 0 amide bonds. The van der Waals surface area contributed by atoms with Gasteiger partial charge in [0.25, 0.3) is 0 Å². The molecule has 0 spiro atoms. The maximum atomic E-state index is 5.31. The molecule has 0 saturated carbocycles. The van der Waals surface area contributed by atoms with Crippen LogP contribution in [0, 0.1) is 0 Å². The first-order valence-electron chi connectivity index (χ1n) is 5.10. The maximum Gasteiger partial charge on any atom is 0.117 e. The van der Waals surface area contributed by atoms with Gasteiger partial charge in [-0.05, 0) is 25.1 Å². The van der Waals surface area contributed by atoms with E-state index >= 15 is 0 Å². The van der Waals surface area contributed by atoms with Gasteiger partial charge in [0.15, 0.2) is 0 Å². The first-order chi connectivity index (χ1) is 6.86. The number of hydrogen-bond acceptors (Lipinski definition) is 3. The predicted octanol–water partition coefficient (Wildman–Crippen LogP) is 2.14. The minimum absolute atomic E-state index is 0.778. The minimum Gasteiger partial charge on any atom is -0.468 e. The molecule has 0 bridgehead atoms. The number of nitrogens with zero attached hydrogens (tertiary/aromatic N) is 1. The molecule has 3 nitrogen and oxygen atoms in total. The summed E-state index contributed by atoms with van der Waals surface area (Å²) in [5.41, 5.74) is 0. The van der Waals surface area contributed by atoms with Crippen molar-refractivity contribution in [3.8, 4) is 0 Å². The van der Waals surface area contributed by atoms with E-state index < -0.39 is 0 Å². The summed E-state index contributed by atoms with van der Waals surface area (Å²) in [4.78, 5) is 2.34. The summed E-state index contributed by atoms with van der Waals surface area (Å²) in [5, 5.41) is 0. The fourth-order valence-corrected chi connectivity index (χ4v) is 1.43. The highest BCUT2D eigenvalue weighted by Crippen LogP contribution is 2.05. The lowest BCUT2D eigenvalue weighted by molar-refractivity contribution is 0.139. The predicted molar refractivity (Wildman–Crippen MR) is 56.2 cm³/mol. The number of methoxy groups -OCH3 is 1. The molecule has 0 atom stereocenters. The molecule has 14 heavy (non-hydrogen) atoms. The van der Waals surface area contributed by atoms with E-state index in [0.717, 1.165) is 38.4 Å². The Balaban J connectivity index is 2.34. The molecule has 1 rings (SSSR count). The Kier molecular flexibility index (Phi) is 5.33. The van der Waals surface area contributed by atoms with Crippen molar-refractivity contribution in [3.63, 3.8) is 0 Å². The Hall–Kier alpha value is -0.800. The number of rotatable bonds is 7. The maximum absolute atomic E-state index is 5.31. The topological polar surface area (TPSA) is 25.6 Å². The third-order valence-electron chi connectivity index (χ3n) is 2.11. The Bertz CT molecular complexity index is 221. The molecule has 0 aliphatic carbocycles. The van der Waals surface area contributed by atoms with Crippen molar-refractivity contribution in [2.75, 3.05) is 26.8 Å². The smallest absolute Gasteiger partial charge is 0.117 e. The molecular weight excluding hydrogens is 178 g/mol. The van der Waals surface area contributed by atoms with Crippen molar-refractivity contribution < 1.29 is 9.15 Å². The summed E-state index contributed by atoms with van der Waals surface area (Å²) in [6, 6.07) is 3.94. The highest BCUT2D eigenvalue weighted by atomic mass is 16.5. The number of hydrogen-bond donors (Lipinski definition) is 0. The molecule has 0 aliphatic rings. The van der Waals surface area contributed by atoms with E-state index in [1.807, 2.05) is 12.1 Å². The molecular formula is C11H19NO2. The van der Waals surface area contributed by atoms with Crippen molar-refractivity contribution in [3.05, 3.63) is 24.2 Å². The third kappa shape index (κ3) is 3.94. The second-order valence-electron chi connectivity index (χ2n) is 3.35. The van der Waals surface area contributed by atoms with Crippen LogP contribution in [0.5, 0.6) is 0 Å². The molecule has 80 valence electrons. The van der Waals surface area contributed by atoms with Crippen LogP contribution >= 0.6 is 0 Å². The number of furan rings is 1. The van der Waals surface area contributed by atoms with Crippen LogP contribution in [0.1, 0.15) is 19.1 Å². The molecule has 0 aliphatic heterocycles. The normalized spacial score (nSPS) is 11.1. The zero-order valence-corrected chi connectivity index (χ0v) is 9.03. The van der Waals surface area contributed by atoms with Crippen molar-refractivity contribution in [1.29, 1.82) is 0 Å². The first-order valence-corrected chi connectivity index (χ1v) is 5.10. The van der Waals surface area contributed by atoms with Crippen LogP contribution in [-0.4, -0.2) is 31.7 Å². The van der Waals surface area contributed by atoms with Gasteiger partial charge in [0, 0.05) is 13.7 Å². The van der Waals surface area contributed by atoms with Crippen molar-refractivity contribution >= 4 is 0 Å². The van der Waals surface area contributed by atoms with Crippen LogP contribution in [0.4, 0.5) is 0 Å². The zero-order chi connectivity index (χ0) is 10.2. The molecule has 3 heteroatoms. The Morgan fingerprint density at radius 1 is 1.43 bits per heavy atom. The fourth-order valence-electron chi connectivity index (χ4n) is 1.43. The average Bonchev–Trinajstić information content (AvgIpc) is 2.67. The largest absolute Gasteiger partial charge is 0.468 e. The van der Waals surface area contributed by atoms with Crippen LogP contribution in [0.3, 0.4) is 0 Å². The van der Waals surface area contributed by atoms with Gasteiger partial charge < -0.3 is 9.15 Å². The fraction of sp³-hybridized carbons (Fsp3) is 0.636. The van der Waals surface area contributed by atoms with E-state index in [0.29, 0.717) is 0 Å². The highest BCUT2D eigenvalue weighted by molar-refractivity contribution is 4.97. The summed E-state index contributed by atoms with van der Waals surface area (Å²) in [5.74, 6) is 1.02. The molecule has 0 radical (unpaired) electrons. The lowest BCUT2D eigenvalue weighted by Gasteiger charge is -2.19. The second-order valence-corrected chi connectivity index (χ2v) is 3.35. The molecule has 1 heterocycles. The van der Waals surface area contributed by atoms with Crippen LogP contribution < -0.4 is 0 Å². The Morgan fingerprint density at radius 3 is 2.86 bits per heavy atom. The van der Waals surface area contributed by atoms with E-state index in [9.17, 15) is 0 Å². The molecule has 0 N–H and O–H groups in total. The van der Waals surface area contributed by atoms with Gasteiger partial charge in [-0.1, -0.05) is 6.92 Å². The quantitative estimate of drug-likeness (QED) is 0.669. The van der Waals surface area contributed by atoms with Gasteiger partial charge >= 0.3 is 0 Å². The van der Waals surface area contributed by atoms with Crippen molar-refractivity contribution in [2.45, 2.75) is 19.9 Å². The van der Waals surface area contributed by atoms with Gasteiger partial charge in [-0.15, -0.1) is 0 Å². The molecule has 0 fully saturated rings. The molecule has 0 aromatic carbocycles. The molecule has 0 saturated heterocycles. The van der Waals surface area contributed by atoms with Gasteiger partial charge in [-0.2, -0.15) is 0 Å². The lowest BCUT2D eigenvalue weighted by atomic mass is 10.3. The van der Waals surface area contributed by atoms with E-state index in [1.54, 1.807) is 13.4 Å². The van der Waals surface area contributed by atoms with Gasteiger partial charge in [0.1, 0.15) is 5.76 Å². The summed E-state index contributed by atoms with van der Waals surface area (Å²) < 4.78 is 10.4. The third-order valence-corrected chi connectivity index (χ3v) is 2.11. The Labute approximate surface area is 85.7 Å². The monoisotopic (exact) mass is 197 g/mol. The summed E-state index contributed by atoms with van der Waals surface area (Å²) in [6.07, 6.45) is 2.88. The summed E-state index contributed by atoms with van der Waals surface area (Å²) in [7, 11) is 1.73. The van der Waals surface area contributed by atoms with Crippen molar-refractivity contribution in [1.82, 2.24) is 4.90 Å². The van der Waals surface area contributed by atoms with Gasteiger partial charge in [0.05, 0.1) is 19.4 Å². The SMILES string of the molecule is CCCN(CCOC)Cc1ccco1. The van der Waals surface area contributed by atoms with Gasteiger partial charge in [-0.3, -0.25) is 4.90 Å². The van der Waals surface area contributed by atoms with Gasteiger partial charge in [-0.25, -0.2) is 0 Å².